The fourth-order valence-electron chi connectivity index (χ4n) is 4.27. The van der Waals surface area contributed by atoms with Crippen LogP contribution in [0, 0.1) is 0 Å². The predicted molar refractivity (Wildman–Crippen MR) is 219 cm³/mol. The first-order valence-electron chi connectivity index (χ1n) is 15.7. The number of ether oxygens (including phenoxy) is 6. The summed E-state index contributed by atoms with van der Waals surface area (Å²) in [5.41, 5.74) is 1.29. The van der Waals surface area contributed by atoms with Crippen molar-refractivity contribution in [2.24, 2.45) is 0 Å². The fraction of sp³-hybridized carbons (Fsp3) is 0.429. The predicted octanol–water partition coefficient (Wildman–Crippen LogP) is 7.68. The molecule has 18 heteroatoms. The van der Waals surface area contributed by atoms with Crippen molar-refractivity contribution in [1.82, 2.24) is 0 Å². The Morgan fingerprint density at radius 1 is 0.642 bits per heavy atom. The minimum atomic E-state index is -1.27. The average Bonchev–Trinajstić information content (AvgIpc) is 3.08. The SMILES string of the molecule is CSCCOCC(COc1c(Br)cc(C(C)(C)c2cc(Br)c(OCC(COCCSC)OC(=O)/C=C/C(=O)O)c(Br)c2)cc1Br)OC(=O)/C=C/C(=O)O. The summed E-state index contributed by atoms with van der Waals surface area (Å²) in [5, 5.41) is 17.7. The van der Waals surface area contributed by atoms with Crippen LogP contribution in [0.15, 0.2) is 66.5 Å². The normalized spacial score (nSPS) is 12.8. The monoisotopic (exact) mass is 1030 g/mol. The first-order valence-corrected chi connectivity index (χ1v) is 21.7. The number of rotatable bonds is 24. The van der Waals surface area contributed by atoms with Crippen LogP contribution in [0.4, 0.5) is 0 Å². The molecule has 2 aromatic rings. The lowest BCUT2D eigenvalue weighted by atomic mass is 9.78. The van der Waals surface area contributed by atoms with Crippen molar-refractivity contribution < 1.29 is 57.8 Å². The van der Waals surface area contributed by atoms with Crippen molar-refractivity contribution in [3.05, 3.63) is 77.6 Å². The lowest BCUT2D eigenvalue weighted by Crippen LogP contribution is -2.30. The quantitative estimate of drug-likeness (QED) is 0.0598. The summed E-state index contributed by atoms with van der Waals surface area (Å²) < 4.78 is 36.7. The van der Waals surface area contributed by atoms with Crippen LogP contribution < -0.4 is 9.47 Å². The topological polar surface area (TPSA) is 164 Å². The number of aliphatic carboxylic acids is 2. The zero-order valence-electron chi connectivity index (χ0n) is 29.2. The Morgan fingerprint density at radius 3 is 1.28 bits per heavy atom. The summed E-state index contributed by atoms with van der Waals surface area (Å²) in [6.07, 6.45) is 5.34. The van der Waals surface area contributed by atoms with Gasteiger partial charge in [0.2, 0.25) is 0 Å². The lowest BCUT2D eigenvalue weighted by molar-refractivity contribution is -0.148. The molecule has 0 radical (unpaired) electrons. The third kappa shape index (κ3) is 17.1. The molecule has 0 bridgehead atoms. The number of carbonyl (C=O) groups is 4. The fourth-order valence-corrected chi connectivity index (χ4v) is 7.67. The van der Waals surface area contributed by atoms with Crippen molar-refractivity contribution >= 4 is 111 Å². The Kier molecular flexibility index (Phi) is 21.7. The minimum absolute atomic E-state index is 0.0545. The van der Waals surface area contributed by atoms with E-state index >= 15 is 0 Å². The Hall–Kier alpha value is -2.06. The maximum Gasteiger partial charge on any atom is 0.331 e. The summed E-state index contributed by atoms with van der Waals surface area (Å²) >= 11 is 17.7. The number of carboxylic acids is 2. The maximum absolute atomic E-state index is 12.2. The van der Waals surface area contributed by atoms with Crippen LogP contribution in [0.2, 0.25) is 0 Å². The summed E-state index contributed by atoms with van der Waals surface area (Å²) in [6.45, 7) is 4.97. The van der Waals surface area contributed by atoms with Gasteiger partial charge in [-0.3, -0.25) is 0 Å². The third-order valence-corrected chi connectivity index (χ3v) is 10.5. The van der Waals surface area contributed by atoms with Crippen LogP contribution in [-0.4, -0.2) is 110 Å². The van der Waals surface area contributed by atoms with E-state index in [0.29, 0.717) is 54.8 Å². The van der Waals surface area contributed by atoms with E-state index in [1.165, 1.54) is 0 Å². The number of benzene rings is 2. The summed E-state index contributed by atoms with van der Waals surface area (Å²) in [4.78, 5) is 46.0. The second-order valence-corrected chi connectivity index (χ2v) is 16.8. The second-order valence-electron chi connectivity index (χ2n) is 11.4. The van der Waals surface area contributed by atoms with Crippen LogP contribution in [0.1, 0.15) is 25.0 Å². The van der Waals surface area contributed by atoms with Crippen LogP contribution >= 0.6 is 87.2 Å². The molecular formula is C35H40Br4O12S2. The van der Waals surface area contributed by atoms with Crippen molar-refractivity contribution in [2.45, 2.75) is 31.5 Å². The molecule has 0 spiro atoms. The van der Waals surface area contributed by atoms with Gasteiger partial charge in [-0.15, -0.1) is 0 Å². The van der Waals surface area contributed by atoms with Crippen LogP contribution in [0.5, 0.6) is 11.5 Å². The molecule has 0 aromatic heterocycles. The van der Waals surface area contributed by atoms with Gasteiger partial charge in [0.05, 0.1) is 44.3 Å². The first kappa shape index (κ1) is 47.1. The molecule has 0 heterocycles. The number of hydrogen-bond donors (Lipinski definition) is 2. The van der Waals surface area contributed by atoms with Gasteiger partial charge in [0, 0.05) is 41.2 Å². The molecule has 12 nitrogen and oxygen atoms in total. The van der Waals surface area contributed by atoms with E-state index < -0.39 is 41.5 Å². The Balaban J connectivity index is 2.24. The molecule has 2 atom stereocenters. The first-order chi connectivity index (χ1) is 25.1. The number of carbonyl (C=O) groups excluding carboxylic acids is 2. The van der Waals surface area contributed by atoms with E-state index in [4.69, 9.17) is 38.6 Å². The van der Waals surface area contributed by atoms with Crippen LogP contribution in [0.3, 0.4) is 0 Å². The van der Waals surface area contributed by atoms with E-state index in [1.807, 2.05) is 36.8 Å². The Bertz CT molecular complexity index is 1460. The molecule has 2 N–H and O–H groups in total. The van der Waals surface area contributed by atoms with Crippen molar-refractivity contribution in [1.29, 1.82) is 0 Å². The van der Waals surface area contributed by atoms with Gasteiger partial charge in [-0.2, -0.15) is 23.5 Å². The molecule has 0 fully saturated rings. The number of halogens is 4. The molecule has 0 aliphatic heterocycles. The van der Waals surface area contributed by atoms with Crippen molar-refractivity contribution in [3.8, 4) is 11.5 Å². The zero-order valence-corrected chi connectivity index (χ0v) is 37.2. The summed E-state index contributed by atoms with van der Waals surface area (Å²) in [5.74, 6) is -1.77. The standard InChI is InChI=1S/C35H40Br4O12S2/c1-35(2,21-13-25(36)33(26(37)14-21)48-19-23(17-46-9-11-52-3)50-31(44)7-5-29(40)41)22-15-27(38)34(28(39)16-22)49-20-24(18-47-10-12-53-4)51-32(45)8-6-30(42)43/h5-8,13-16,23-24H,9-12,17-20H2,1-4H3,(H,40,41)(H,42,43)/b7-5+,8-6+. The van der Waals surface area contributed by atoms with E-state index in [2.05, 4.69) is 77.6 Å². The molecule has 2 unspecified atom stereocenters. The molecule has 53 heavy (non-hydrogen) atoms. The minimum Gasteiger partial charge on any atom is -0.487 e. The maximum atomic E-state index is 12.2. The Morgan fingerprint density at radius 2 is 0.981 bits per heavy atom. The highest BCUT2D eigenvalue weighted by atomic mass is 79.9. The Labute approximate surface area is 350 Å². The lowest BCUT2D eigenvalue weighted by Gasteiger charge is -2.29. The van der Waals surface area contributed by atoms with Gasteiger partial charge in [-0.25, -0.2) is 19.2 Å². The van der Waals surface area contributed by atoms with Gasteiger partial charge in [0.1, 0.15) is 24.7 Å². The highest BCUT2D eigenvalue weighted by Crippen LogP contribution is 2.44. The van der Waals surface area contributed by atoms with Crippen LogP contribution in [0.25, 0.3) is 0 Å². The molecular weight excluding hydrogens is 996 g/mol. The van der Waals surface area contributed by atoms with E-state index in [9.17, 15) is 19.2 Å². The average molecular weight is 1040 g/mol. The number of carboxylic acid groups (broad SMARTS) is 2. The smallest absolute Gasteiger partial charge is 0.331 e. The number of hydrogen-bond acceptors (Lipinski definition) is 12. The van der Waals surface area contributed by atoms with E-state index in [0.717, 1.165) is 34.8 Å². The van der Waals surface area contributed by atoms with E-state index in [-0.39, 0.29) is 26.4 Å². The highest BCUT2D eigenvalue weighted by molar-refractivity contribution is 9.11. The van der Waals surface area contributed by atoms with Gasteiger partial charge >= 0.3 is 23.9 Å². The van der Waals surface area contributed by atoms with Gasteiger partial charge in [0.15, 0.2) is 12.2 Å². The molecule has 0 aliphatic rings. The second kappa shape index (κ2) is 24.5. The molecule has 2 aromatic carbocycles. The van der Waals surface area contributed by atoms with Gasteiger partial charge < -0.3 is 38.6 Å². The molecule has 0 saturated heterocycles. The van der Waals surface area contributed by atoms with Crippen LogP contribution in [-0.2, 0) is 43.5 Å². The van der Waals surface area contributed by atoms with Gasteiger partial charge in [-0.1, -0.05) is 13.8 Å². The third-order valence-electron chi connectivity index (χ3n) is 7.03. The largest absolute Gasteiger partial charge is 0.487 e. The number of esters is 2. The van der Waals surface area contributed by atoms with Crippen molar-refractivity contribution in [2.75, 3.05) is 63.7 Å². The summed E-state index contributed by atoms with van der Waals surface area (Å²) in [7, 11) is 0. The highest BCUT2D eigenvalue weighted by Gasteiger charge is 2.28. The molecule has 0 aliphatic carbocycles. The molecule has 0 amide bonds. The molecule has 292 valence electrons. The zero-order chi connectivity index (χ0) is 39.6. The number of thioether (sulfide) groups is 2. The molecule has 2 rings (SSSR count). The van der Waals surface area contributed by atoms with E-state index in [1.54, 1.807) is 23.5 Å². The van der Waals surface area contributed by atoms with Gasteiger partial charge in [-0.05, 0) is 112 Å². The molecule has 0 saturated carbocycles. The van der Waals surface area contributed by atoms with Gasteiger partial charge in [0.25, 0.3) is 0 Å². The summed E-state index contributed by atoms with van der Waals surface area (Å²) in [6, 6.07) is 7.69. The van der Waals surface area contributed by atoms with Crippen molar-refractivity contribution in [3.63, 3.8) is 0 Å².